The van der Waals surface area contributed by atoms with Crippen molar-refractivity contribution in [2.75, 3.05) is 18.5 Å². The topological polar surface area (TPSA) is 60.5 Å². The summed E-state index contributed by atoms with van der Waals surface area (Å²) in [5.41, 5.74) is 2.15. The first-order chi connectivity index (χ1) is 11.2. The number of carbonyl (C=O) groups excluding carboxylic acids is 1. The summed E-state index contributed by atoms with van der Waals surface area (Å²) in [6.07, 6.45) is 0. The average Bonchev–Trinajstić information content (AvgIpc) is 2.93. The van der Waals surface area contributed by atoms with E-state index in [1.165, 1.54) is 0 Å². The maximum absolute atomic E-state index is 12.4. The molecule has 0 unspecified atom stereocenters. The van der Waals surface area contributed by atoms with Gasteiger partial charge in [0.15, 0.2) is 11.5 Å². The molecular formula is C17H14N2O3S. The molecule has 0 bridgehead atoms. The Morgan fingerprint density at radius 3 is 2.83 bits per heavy atom. The van der Waals surface area contributed by atoms with Gasteiger partial charge in [0.25, 0.3) is 5.91 Å². The molecule has 0 spiro atoms. The molecule has 2 heterocycles. The molecule has 0 saturated heterocycles. The fraction of sp³-hybridized carbons (Fsp3) is 0.176. The lowest BCUT2D eigenvalue weighted by Gasteiger charge is -2.18. The normalized spacial score (nSPS) is 13.1. The van der Waals surface area contributed by atoms with Crippen molar-refractivity contribution in [1.29, 1.82) is 0 Å². The SMILES string of the molecule is Cc1nc2cc(NC(=O)c3ccc4c(c3)OCCO4)ccc2s1. The third-order valence-electron chi connectivity index (χ3n) is 3.56. The monoisotopic (exact) mass is 326 g/mol. The molecule has 0 aliphatic carbocycles. The summed E-state index contributed by atoms with van der Waals surface area (Å²) in [5, 5.41) is 3.91. The largest absolute Gasteiger partial charge is 0.486 e. The van der Waals surface area contributed by atoms with E-state index in [1.54, 1.807) is 29.5 Å². The van der Waals surface area contributed by atoms with Crippen LogP contribution in [-0.4, -0.2) is 24.1 Å². The molecule has 0 fully saturated rings. The fourth-order valence-electron chi connectivity index (χ4n) is 2.51. The van der Waals surface area contributed by atoms with Crippen molar-refractivity contribution in [3.05, 3.63) is 47.0 Å². The summed E-state index contributed by atoms with van der Waals surface area (Å²) >= 11 is 1.64. The van der Waals surface area contributed by atoms with E-state index in [0.29, 0.717) is 30.3 Å². The second kappa shape index (κ2) is 5.55. The lowest BCUT2D eigenvalue weighted by atomic mass is 10.1. The molecule has 0 atom stereocenters. The van der Waals surface area contributed by atoms with Crippen molar-refractivity contribution < 1.29 is 14.3 Å². The molecule has 0 saturated carbocycles. The van der Waals surface area contributed by atoms with Crippen LogP contribution in [0.25, 0.3) is 10.2 Å². The standard InChI is InChI=1S/C17H14N2O3S/c1-10-18-13-9-12(3-5-16(13)23-10)19-17(20)11-2-4-14-15(8-11)22-7-6-21-14/h2-5,8-9H,6-7H2,1H3,(H,19,20). The van der Waals surface area contributed by atoms with Gasteiger partial charge >= 0.3 is 0 Å². The Bertz CT molecular complexity index is 904. The van der Waals surface area contributed by atoms with Crippen LogP contribution in [0.1, 0.15) is 15.4 Å². The first kappa shape index (κ1) is 14.0. The molecule has 1 amide bonds. The zero-order chi connectivity index (χ0) is 15.8. The van der Waals surface area contributed by atoms with Gasteiger partial charge in [0.1, 0.15) is 13.2 Å². The quantitative estimate of drug-likeness (QED) is 0.781. The Kier molecular flexibility index (Phi) is 3.38. The number of anilines is 1. The van der Waals surface area contributed by atoms with Crippen LogP contribution in [-0.2, 0) is 0 Å². The Morgan fingerprint density at radius 2 is 1.96 bits per heavy atom. The molecule has 116 valence electrons. The number of nitrogens with zero attached hydrogens (tertiary/aromatic N) is 1. The highest BCUT2D eigenvalue weighted by atomic mass is 32.1. The number of nitrogens with one attached hydrogen (secondary N) is 1. The predicted molar refractivity (Wildman–Crippen MR) is 89.7 cm³/mol. The van der Waals surface area contributed by atoms with E-state index in [2.05, 4.69) is 10.3 Å². The molecule has 1 aliphatic rings. The predicted octanol–water partition coefficient (Wildman–Crippen LogP) is 3.63. The molecule has 4 rings (SSSR count). The van der Waals surface area contributed by atoms with E-state index >= 15 is 0 Å². The van der Waals surface area contributed by atoms with Gasteiger partial charge in [-0.15, -0.1) is 11.3 Å². The van der Waals surface area contributed by atoms with Crippen molar-refractivity contribution in [1.82, 2.24) is 4.98 Å². The van der Waals surface area contributed by atoms with Crippen molar-refractivity contribution in [2.45, 2.75) is 6.92 Å². The highest BCUT2D eigenvalue weighted by Gasteiger charge is 2.15. The summed E-state index contributed by atoms with van der Waals surface area (Å²) in [6, 6.07) is 10.9. The van der Waals surface area contributed by atoms with Gasteiger partial charge < -0.3 is 14.8 Å². The molecule has 1 aliphatic heterocycles. The van der Waals surface area contributed by atoms with Gasteiger partial charge in [-0.3, -0.25) is 4.79 Å². The highest BCUT2D eigenvalue weighted by molar-refractivity contribution is 7.18. The number of fused-ring (bicyclic) bond motifs is 2. The Morgan fingerprint density at radius 1 is 1.13 bits per heavy atom. The number of hydrogen-bond acceptors (Lipinski definition) is 5. The van der Waals surface area contributed by atoms with E-state index in [0.717, 1.165) is 20.9 Å². The number of hydrogen-bond donors (Lipinski definition) is 1. The van der Waals surface area contributed by atoms with Gasteiger partial charge in [-0.1, -0.05) is 0 Å². The second-order valence-electron chi connectivity index (χ2n) is 5.23. The van der Waals surface area contributed by atoms with Crippen LogP contribution in [0.3, 0.4) is 0 Å². The number of ether oxygens (including phenoxy) is 2. The number of aromatic nitrogens is 1. The minimum atomic E-state index is -0.187. The van der Waals surface area contributed by atoms with Gasteiger partial charge in [-0.2, -0.15) is 0 Å². The first-order valence-corrected chi connectivity index (χ1v) is 8.09. The maximum atomic E-state index is 12.4. The lowest BCUT2D eigenvalue weighted by molar-refractivity contribution is 0.102. The third-order valence-corrected chi connectivity index (χ3v) is 4.51. The Labute approximate surface area is 136 Å². The molecule has 3 aromatic rings. The lowest BCUT2D eigenvalue weighted by Crippen LogP contribution is -2.17. The zero-order valence-corrected chi connectivity index (χ0v) is 13.3. The summed E-state index contributed by atoms with van der Waals surface area (Å²) in [4.78, 5) is 16.9. The number of aryl methyl sites for hydroxylation is 1. The van der Waals surface area contributed by atoms with Crippen molar-refractivity contribution in [2.24, 2.45) is 0 Å². The third kappa shape index (κ3) is 2.73. The molecular weight excluding hydrogens is 312 g/mol. The Hall–Kier alpha value is -2.60. The van der Waals surface area contributed by atoms with Crippen molar-refractivity contribution >= 4 is 33.1 Å². The average molecular weight is 326 g/mol. The van der Waals surface area contributed by atoms with Crippen molar-refractivity contribution in [3.8, 4) is 11.5 Å². The zero-order valence-electron chi connectivity index (χ0n) is 12.5. The first-order valence-electron chi connectivity index (χ1n) is 7.27. The number of carbonyl (C=O) groups is 1. The van der Waals surface area contributed by atoms with Gasteiger partial charge in [-0.05, 0) is 43.3 Å². The highest BCUT2D eigenvalue weighted by Crippen LogP contribution is 2.31. The van der Waals surface area contributed by atoms with E-state index in [1.807, 2.05) is 25.1 Å². The maximum Gasteiger partial charge on any atom is 0.255 e. The van der Waals surface area contributed by atoms with E-state index in [-0.39, 0.29) is 5.91 Å². The van der Waals surface area contributed by atoms with E-state index in [9.17, 15) is 4.79 Å². The molecule has 1 aromatic heterocycles. The molecule has 5 nitrogen and oxygen atoms in total. The number of thiazole rings is 1. The van der Waals surface area contributed by atoms with Crippen LogP contribution in [0, 0.1) is 6.92 Å². The van der Waals surface area contributed by atoms with Crippen LogP contribution >= 0.6 is 11.3 Å². The van der Waals surface area contributed by atoms with E-state index in [4.69, 9.17) is 9.47 Å². The molecule has 0 radical (unpaired) electrons. The smallest absolute Gasteiger partial charge is 0.255 e. The van der Waals surface area contributed by atoms with Crippen LogP contribution in [0.2, 0.25) is 0 Å². The molecule has 2 aromatic carbocycles. The number of rotatable bonds is 2. The van der Waals surface area contributed by atoms with Gasteiger partial charge in [0.2, 0.25) is 0 Å². The summed E-state index contributed by atoms with van der Waals surface area (Å²) < 4.78 is 12.1. The van der Waals surface area contributed by atoms with Gasteiger partial charge in [0.05, 0.1) is 15.2 Å². The van der Waals surface area contributed by atoms with Crippen LogP contribution < -0.4 is 14.8 Å². The number of benzene rings is 2. The molecule has 23 heavy (non-hydrogen) atoms. The minimum absolute atomic E-state index is 0.187. The van der Waals surface area contributed by atoms with Crippen LogP contribution in [0.15, 0.2) is 36.4 Å². The summed E-state index contributed by atoms with van der Waals surface area (Å²) in [7, 11) is 0. The van der Waals surface area contributed by atoms with Crippen LogP contribution in [0.4, 0.5) is 5.69 Å². The van der Waals surface area contributed by atoms with E-state index < -0.39 is 0 Å². The Balaban J connectivity index is 1.58. The molecule has 1 N–H and O–H groups in total. The van der Waals surface area contributed by atoms with Gasteiger partial charge in [0, 0.05) is 11.3 Å². The summed E-state index contributed by atoms with van der Waals surface area (Å²) in [6.45, 7) is 3.00. The summed E-state index contributed by atoms with van der Waals surface area (Å²) in [5.74, 6) is 1.09. The van der Waals surface area contributed by atoms with Gasteiger partial charge in [-0.25, -0.2) is 4.98 Å². The molecule has 6 heteroatoms. The second-order valence-corrected chi connectivity index (χ2v) is 6.46. The number of amides is 1. The van der Waals surface area contributed by atoms with Crippen LogP contribution in [0.5, 0.6) is 11.5 Å². The minimum Gasteiger partial charge on any atom is -0.486 e. The van der Waals surface area contributed by atoms with Crippen molar-refractivity contribution in [3.63, 3.8) is 0 Å². The fourth-order valence-corrected chi connectivity index (χ4v) is 3.32.